The van der Waals surface area contributed by atoms with Gasteiger partial charge in [0.25, 0.3) is 23.2 Å². The number of non-ortho nitro benzene ring substituents is 1. The van der Waals surface area contributed by atoms with E-state index in [0.717, 1.165) is 0 Å². The van der Waals surface area contributed by atoms with Crippen LogP contribution in [0.2, 0.25) is 0 Å². The summed E-state index contributed by atoms with van der Waals surface area (Å²) >= 11 is 0. The quantitative estimate of drug-likeness (QED) is 0.175. The van der Waals surface area contributed by atoms with E-state index >= 15 is 0 Å². The number of nitrogens with one attached hydrogen (secondary N) is 2. The van der Waals surface area contributed by atoms with Gasteiger partial charge >= 0.3 is 11.4 Å². The first-order valence-electron chi connectivity index (χ1n) is 7.20. The highest BCUT2D eigenvalue weighted by Gasteiger charge is 2.30. The Kier molecular flexibility index (Phi) is 10.0. The van der Waals surface area contributed by atoms with Crippen molar-refractivity contribution in [3.63, 3.8) is 0 Å². The molecular weight excluding hydrogens is 386 g/mol. The molecule has 1 rings (SSSR count). The average Bonchev–Trinajstić information content (AvgIpc) is 2.63. The summed E-state index contributed by atoms with van der Waals surface area (Å²) in [5, 5.41) is 54.4. The van der Waals surface area contributed by atoms with Gasteiger partial charge in [0, 0.05) is 13.1 Å². The third-order valence-electron chi connectivity index (χ3n) is 2.59. The second-order valence-corrected chi connectivity index (χ2v) is 4.54. The molecule has 0 radical (unpaired) electrons. The van der Waals surface area contributed by atoms with Gasteiger partial charge in [-0.3, -0.25) is 41.2 Å². The van der Waals surface area contributed by atoms with Crippen LogP contribution in [0.4, 0.5) is 17.1 Å². The molecule has 28 heavy (non-hydrogen) atoms. The molecule has 0 fully saturated rings. The van der Waals surface area contributed by atoms with Gasteiger partial charge < -0.3 is 26.0 Å². The molecule has 0 spiro atoms. The van der Waals surface area contributed by atoms with E-state index in [1.807, 2.05) is 0 Å². The van der Waals surface area contributed by atoms with Crippen molar-refractivity contribution < 1.29 is 29.4 Å². The number of rotatable bonds is 7. The summed E-state index contributed by atoms with van der Waals surface area (Å²) in [6.45, 7) is 1.06. The lowest BCUT2D eigenvalue weighted by Gasteiger charge is -2.07. The van der Waals surface area contributed by atoms with Crippen molar-refractivity contribution in [2.45, 2.75) is 0 Å². The number of aromatic hydroxyl groups is 1. The fourth-order valence-electron chi connectivity index (χ4n) is 1.43. The number of ether oxygens (including phenoxy) is 2. The lowest BCUT2D eigenvalue weighted by atomic mass is 10.2. The monoisotopic (exact) mass is 403 g/mol. The Morgan fingerprint density at radius 1 is 0.893 bits per heavy atom. The summed E-state index contributed by atoms with van der Waals surface area (Å²) in [4.78, 5) is 27.8. The number of nitrogens with zero attached hydrogens (tertiary/aromatic N) is 3. The zero-order chi connectivity index (χ0) is 21.9. The molecule has 0 aromatic heterocycles. The van der Waals surface area contributed by atoms with E-state index in [9.17, 15) is 30.3 Å². The van der Waals surface area contributed by atoms with E-state index in [4.69, 9.17) is 36.9 Å². The summed E-state index contributed by atoms with van der Waals surface area (Å²) in [5.41, 5.74) is 7.25. The molecule has 16 nitrogen and oxygen atoms in total. The fourth-order valence-corrected chi connectivity index (χ4v) is 1.43. The molecule has 154 valence electrons. The van der Waals surface area contributed by atoms with Crippen molar-refractivity contribution in [2.75, 3.05) is 26.3 Å². The summed E-state index contributed by atoms with van der Waals surface area (Å²) in [6, 6.07) is 0.894. The van der Waals surface area contributed by atoms with Crippen LogP contribution < -0.4 is 11.5 Å². The highest BCUT2D eigenvalue weighted by Crippen LogP contribution is 2.38. The second kappa shape index (κ2) is 11.6. The first-order valence-corrected chi connectivity index (χ1v) is 7.20. The van der Waals surface area contributed by atoms with Gasteiger partial charge in [0.1, 0.15) is 13.2 Å². The fraction of sp³-hybridized carbons (Fsp3) is 0.333. The Hall–Kier alpha value is -3.92. The number of nitro benzene ring substituents is 3. The zero-order valence-corrected chi connectivity index (χ0v) is 14.2. The molecule has 0 atom stereocenters. The van der Waals surface area contributed by atoms with Crippen LogP contribution >= 0.6 is 0 Å². The first kappa shape index (κ1) is 24.1. The molecule has 0 unspecified atom stereocenters. The predicted molar refractivity (Wildman–Crippen MR) is 93.5 cm³/mol. The molecule has 1 aromatic carbocycles. The normalized spacial score (nSPS) is 9.50. The van der Waals surface area contributed by atoms with Gasteiger partial charge in [0.15, 0.2) is 0 Å². The number of hydrogen-bond acceptors (Lipinski definition) is 13. The van der Waals surface area contributed by atoms with Gasteiger partial charge in [-0.05, 0) is 0 Å². The summed E-state index contributed by atoms with van der Waals surface area (Å²) < 4.78 is 9.44. The maximum Gasteiger partial charge on any atom is 0.324 e. The molecule has 1 aromatic rings. The Morgan fingerprint density at radius 2 is 1.25 bits per heavy atom. The largest absolute Gasteiger partial charge is 0.497 e. The standard InChI is InChI=1S/C6H14N4O2.C6H3N3O7/c7-1-3-11-5(9)6(10)12-4-2-8;10-6-4(8(13)14)1-3(7(11)12)2-5(6)9(15)16/h9-10H,1-4,7-8H2;1-2,10H. The van der Waals surface area contributed by atoms with Crippen LogP contribution in [-0.2, 0) is 9.47 Å². The summed E-state index contributed by atoms with van der Waals surface area (Å²) in [7, 11) is 0. The van der Waals surface area contributed by atoms with Gasteiger partial charge in [-0.1, -0.05) is 0 Å². The van der Waals surface area contributed by atoms with E-state index in [2.05, 4.69) is 0 Å². The first-order chi connectivity index (χ1) is 13.1. The second-order valence-electron chi connectivity index (χ2n) is 4.54. The molecule has 0 aliphatic carbocycles. The van der Waals surface area contributed by atoms with E-state index in [0.29, 0.717) is 25.2 Å². The maximum atomic E-state index is 10.4. The predicted octanol–water partition coefficient (Wildman–Crippen LogP) is 0.00834. The number of nitro groups is 3. The van der Waals surface area contributed by atoms with Crippen molar-refractivity contribution in [2.24, 2.45) is 11.5 Å². The van der Waals surface area contributed by atoms with Gasteiger partial charge in [-0.2, -0.15) is 0 Å². The van der Waals surface area contributed by atoms with Crippen LogP contribution in [0.3, 0.4) is 0 Å². The molecular formula is C12H17N7O9. The zero-order valence-electron chi connectivity index (χ0n) is 14.2. The highest BCUT2D eigenvalue weighted by atomic mass is 16.6. The molecule has 7 N–H and O–H groups in total. The SMILES string of the molecule is N=C(OCCN)C(=N)OCCN.O=[N+]([O-])c1cc([N+](=O)[O-])c(O)c([N+](=O)[O-])c1. The van der Waals surface area contributed by atoms with Crippen LogP contribution in [0.5, 0.6) is 5.75 Å². The Balaban J connectivity index is 0.000000546. The maximum absolute atomic E-state index is 10.4. The number of benzene rings is 1. The van der Waals surface area contributed by atoms with E-state index in [-0.39, 0.29) is 25.0 Å². The average molecular weight is 403 g/mol. The lowest BCUT2D eigenvalue weighted by molar-refractivity contribution is -0.404. The smallest absolute Gasteiger partial charge is 0.324 e. The molecule has 0 heterocycles. The molecule has 0 bridgehead atoms. The van der Waals surface area contributed by atoms with Gasteiger partial charge in [-0.15, -0.1) is 0 Å². The third-order valence-corrected chi connectivity index (χ3v) is 2.59. The molecule has 0 aliphatic rings. The molecule has 0 saturated carbocycles. The minimum absolute atomic E-state index is 0.215. The minimum atomic E-state index is -1.21. The Bertz CT molecular complexity index is 715. The van der Waals surface area contributed by atoms with Crippen LogP contribution in [0.25, 0.3) is 0 Å². The van der Waals surface area contributed by atoms with Gasteiger partial charge in [-0.25, -0.2) is 0 Å². The number of phenols is 1. The third kappa shape index (κ3) is 7.54. The topological polar surface area (TPSA) is 268 Å². The van der Waals surface area contributed by atoms with Crippen molar-refractivity contribution in [1.82, 2.24) is 0 Å². The van der Waals surface area contributed by atoms with Crippen molar-refractivity contribution in [3.8, 4) is 5.75 Å². The molecule has 16 heteroatoms. The van der Waals surface area contributed by atoms with Crippen molar-refractivity contribution in [3.05, 3.63) is 42.5 Å². The molecule has 0 saturated heterocycles. The van der Waals surface area contributed by atoms with Crippen LogP contribution in [-0.4, -0.2) is 58.0 Å². The number of hydrogen-bond donors (Lipinski definition) is 5. The number of phenolic OH excluding ortho intramolecular Hbond substituents is 1. The van der Waals surface area contributed by atoms with Crippen molar-refractivity contribution in [1.29, 1.82) is 10.8 Å². The van der Waals surface area contributed by atoms with Crippen molar-refractivity contribution >= 4 is 28.9 Å². The Labute approximate surface area is 156 Å². The Morgan fingerprint density at radius 3 is 1.50 bits per heavy atom. The summed E-state index contributed by atoms with van der Waals surface area (Å²) in [6.07, 6.45) is 0. The summed E-state index contributed by atoms with van der Waals surface area (Å²) in [5.74, 6) is -1.83. The molecule has 0 amide bonds. The minimum Gasteiger partial charge on any atom is -0.497 e. The highest BCUT2D eigenvalue weighted by molar-refractivity contribution is 6.32. The van der Waals surface area contributed by atoms with E-state index < -0.39 is 37.6 Å². The van der Waals surface area contributed by atoms with Gasteiger partial charge in [0.2, 0.25) is 0 Å². The number of nitrogens with two attached hydrogens (primary N) is 2. The van der Waals surface area contributed by atoms with Crippen LogP contribution in [0, 0.1) is 41.2 Å². The van der Waals surface area contributed by atoms with E-state index in [1.165, 1.54) is 0 Å². The van der Waals surface area contributed by atoms with Gasteiger partial charge in [0.05, 0.1) is 26.9 Å². The lowest BCUT2D eigenvalue weighted by Crippen LogP contribution is -2.24. The van der Waals surface area contributed by atoms with Crippen LogP contribution in [0.15, 0.2) is 12.1 Å². The van der Waals surface area contributed by atoms with Crippen LogP contribution in [0.1, 0.15) is 0 Å². The molecule has 0 aliphatic heterocycles. The van der Waals surface area contributed by atoms with E-state index in [1.54, 1.807) is 0 Å².